The highest BCUT2D eigenvalue weighted by atomic mass is 35.5. The van der Waals surface area contributed by atoms with Crippen LogP contribution in [0.3, 0.4) is 0 Å². The number of nitrogens with zero attached hydrogens (tertiary/aromatic N) is 1. The van der Waals surface area contributed by atoms with E-state index in [0.29, 0.717) is 18.0 Å². The number of aromatic hydroxyl groups is 1. The normalized spacial score (nSPS) is 11.1. The van der Waals surface area contributed by atoms with Crippen LogP contribution in [0.4, 0.5) is 0 Å². The van der Waals surface area contributed by atoms with E-state index in [1.807, 2.05) is 19.1 Å². The van der Waals surface area contributed by atoms with Gasteiger partial charge in [-0.15, -0.1) is 0 Å². The van der Waals surface area contributed by atoms with Crippen LogP contribution in [0.1, 0.15) is 36.1 Å². The topological polar surface area (TPSA) is 56.3 Å². The minimum Gasteiger partial charge on any atom is -1.00 e. The number of pyridine rings is 1. The van der Waals surface area contributed by atoms with Crippen molar-refractivity contribution in [1.29, 1.82) is 0 Å². The van der Waals surface area contributed by atoms with Crippen molar-refractivity contribution < 1.29 is 27.5 Å². The average Bonchev–Trinajstić information content (AvgIpc) is 2.69. The van der Waals surface area contributed by atoms with Crippen molar-refractivity contribution in [2.75, 3.05) is 6.61 Å². The molecule has 0 atom stereocenters. The molecule has 1 heterocycles. The summed E-state index contributed by atoms with van der Waals surface area (Å²) in [6.45, 7) is 2.35. The molecule has 1 aromatic heterocycles. The monoisotopic (exact) mass is 382 g/mol. The maximum atomic E-state index is 9.84. The lowest BCUT2D eigenvalue weighted by atomic mass is 9.89. The van der Waals surface area contributed by atoms with Crippen LogP contribution in [0.5, 0.6) is 5.75 Å². The Morgan fingerprint density at radius 1 is 0.963 bits per heavy atom. The zero-order valence-electron chi connectivity index (χ0n) is 15.2. The Bertz CT molecular complexity index is 815. The summed E-state index contributed by atoms with van der Waals surface area (Å²) in [6, 6.07) is 24.2. The van der Waals surface area contributed by atoms with Gasteiger partial charge in [-0.2, -0.15) is 0 Å². The molecule has 27 heavy (non-hydrogen) atoms. The number of nitrogens with one attached hydrogen (secondary N) is 1. The first-order valence-corrected chi connectivity index (χ1v) is 8.71. The van der Waals surface area contributed by atoms with Crippen LogP contribution in [-0.4, -0.2) is 22.4 Å². The minimum atomic E-state index is 0. The second-order valence-corrected chi connectivity index (χ2v) is 6.11. The highest BCUT2D eigenvalue weighted by molar-refractivity contribution is 5.94. The summed E-state index contributed by atoms with van der Waals surface area (Å²) in [5.41, 5.74) is 3.71. The van der Waals surface area contributed by atoms with Gasteiger partial charge >= 0.3 is 0 Å². The first-order valence-electron chi connectivity index (χ1n) is 8.71. The third-order valence-corrected chi connectivity index (χ3v) is 4.28. The molecule has 0 aliphatic carbocycles. The molecule has 0 aliphatic heterocycles. The molecule has 4 nitrogen and oxygen atoms in total. The molecule has 0 bridgehead atoms. The molecular formula is C22H23ClN2O2. The molecule has 3 aromatic rings. The Morgan fingerprint density at radius 3 is 2.11 bits per heavy atom. The Labute approximate surface area is 166 Å². The van der Waals surface area contributed by atoms with Crippen LogP contribution in [0.2, 0.25) is 0 Å². The van der Waals surface area contributed by atoms with Gasteiger partial charge in [-0.3, -0.25) is 4.84 Å². The van der Waals surface area contributed by atoms with Crippen LogP contribution in [-0.2, 0) is 4.84 Å². The average molecular weight is 383 g/mol. The predicted molar refractivity (Wildman–Crippen MR) is 102 cm³/mol. The van der Waals surface area contributed by atoms with Gasteiger partial charge in [0.25, 0.3) is 5.71 Å². The zero-order valence-corrected chi connectivity index (χ0v) is 15.9. The lowest BCUT2D eigenvalue weighted by Gasteiger charge is -2.16. The fourth-order valence-corrected chi connectivity index (χ4v) is 2.97. The van der Waals surface area contributed by atoms with Crippen molar-refractivity contribution in [2.24, 2.45) is 0 Å². The highest BCUT2D eigenvalue weighted by Gasteiger charge is 2.15. The van der Waals surface area contributed by atoms with Crippen molar-refractivity contribution in [3.63, 3.8) is 0 Å². The molecule has 140 valence electrons. The molecule has 0 unspecified atom stereocenters. The first-order chi connectivity index (χ1) is 12.8. The molecule has 2 aromatic carbocycles. The second-order valence-electron chi connectivity index (χ2n) is 6.11. The van der Waals surface area contributed by atoms with Gasteiger partial charge < -0.3 is 17.5 Å². The van der Waals surface area contributed by atoms with E-state index in [4.69, 9.17) is 4.84 Å². The Morgan fingerprint density at radius 2 is 1.56 bits per heavy atom. The number of hydrogen-bond acceptors (Lipinski definition) is 3. The minimum absolute atomic E-state index is 0. The van der Waals surface area contributed by atoms with Crippen LogP contribution < -0.4 is 17.6 Å². The van der Waals surface area contributed by atoms with E-state index in [0.717, 1.165) is 6.42 Å². The number of halogens is 1. The summed E-state index contributed by atoms with van der Waals surface area (Å²) in [6.07, 6.45) is 2.48. The Kier molecular flexibility index (Phi) is 7.83. The van der Waals surface area contributed by atoms with Crippen molar-refractivity contribution in [3.05, 3.63) is 95.8 Å². The number of hydrogen-bond donors (Lipinski definition) is 2. The van der Waals surface area contributed by atoms with E-state index >= 15 is 0 Å². The fourth-order valence-electron chi connectivity index (χ4n) is 2.97. The third-order valence-electron chi connectivity index (χ3n) is 4.28. The largest absolute Gasteiger partial charge is 1.00 e. The van der Waals surface area contributed by atoms with Gasteiger partial charge in [-0.1, -0.05) is 60.7 Å². The van der Waals surface area contributed by atoms with Gasteiger partial charge in [0, 0.05) is 19.0 Å². The highest BCUT2D eigenvalue weighted by Crippen LogP contribution is 2.27. The molecular weight excluding hydrogens is 360 g/mol. The summed E-state index contributed by atoms with van der Waals surface area (Å²) in [5, 5.41) is 12.7. The molecule has 0 amide bonds. The van der Waals surface area contributed by atoms with Gasteiger partial charge in [0.1, 0.15) is 5.75 Å². The first kappa shape index (κ1) is 20.5. The van der Waals surface area contributed by atoms with Gasteiger partial charge in [0.05, 0.1) is 0 Å². The molecule has 0 saturated carbocycles. The molecule has 0 aliphatic rings. The van der Waals surface area contributed by atoms with E-state index in [1.54, 1.807) is 18.3 Å². The maximum Gasteiger partial charge on any atom is 0.251 e. The molecule has 5 heteroatoms. The molecule has 0 saturated heterocycles. The smallest absolute Gasteiger partial charge is 0.251 e. The second kappa shape index (κ2) is 10.3. The fraction of sp³-hybridized carbons (Fsp3) is 0.182. The van der Waals surface area contributed by atoms with Crippen LogP contribution in [0, 0.1) is 0 Å². The number of rotatable bonds is 7. The predicted octanol–water partition coefficient (Wildman–Crippen LogP) is -0.165. The van der Waals surface area contributed by atoms with Crippen molar-refractivity contribution in [3.8, 4) is 5.75 Å². The van der Waals surface area contributed by atoms with Crippen LogP contribution in [0.25, 0.3) is 0 Å². The molecule has 0 radical (unpaired) electrons. The van der Waals surface area contributed by atoms with Crippen molar-refractivity contribution >= 4 is 5.71 Å². The van der Waals surface area contributed by atoms with E-state index in [2.05, 4.69) is 58.7 Å². The summed E-state index contributed by atoms with van der Waals surface area (Å²) in [4.78, 5) is 9.80. The lowest BCUT2D eigenvalue weighted by molar-refractivity contribution is -0.753. The Balaban J connectivity index is 0.00000261. The summed E-state index contributed by atoms with van der Waals surface area (Å²) in [7, 11) is 0. The van der Waals surface area contributed by atoms with Gasteiger partial charge in [0.2, 0.25) is 0 Å². The zero-order chi connectivity index (χ0) is 18.2. The Hall–Kier alpha value is -2.85. The number of aromatic nitrogens is 1. The van der Waals surface area contributed by atoms with Crippen LogP contribution in [0.15, 0.2) is 79.0 Å². The molecule has 0 spiro atoms. The van der Waals surface area contributed by atoms with Crippen molar-refractivity contribution in [2.45, 2.75) is 19.3 Å². The molecule has 2 N–H and O–H groups in total. The third kappa shape index (κ3) is 5.56. The van der Waals surface area contributed by atoms with E-state index in [-0.39, 0.29) is 24.1 Å². The van der Waals surface area contributed by atoms with E-state index < -0.39 is 0 Å². The summed E-state index contributed by atoms with van der Waals surface area (Å²) in [5.74, 6) is 0.398. The van der Waals surface area contributed by atoms with Gasteiger partial charge in [0.15, 0.2) is 12.3 Å². The van der Waals surface area contributed by atoms with Crippen LogP contribution >= 0.6 is 0 Å². The SMILES string of the molecule is CC(=[NH+]OCCC(c1ccccc1)c1ccccc1)c1ncccc1O.[Cl-]. The van der Waals surface area contributed by atoms with E-state index in [9.17, 15) is 5.11 Å². The quantitative estimate of drug-likeness (QED) is 0.339. The van der Waals surface area contributed by atoms with E-state index in [1.165, 1.54) is 11.1 Å². The van der Waals surface area contributed by atoms with Gasteiger partial charge in [-0.05, 0) is 34.8 Å². The lowest BCUT2D eigenvalue weighted by Crippen LogP contribution is -3.00. The number of benzene rings is 2. The van der Waals surface area contributed by atoms with Gasteiger partial charge in [-0.25, -0.2) is 4.98 Å². The summed E-state index contributed by atoms with van der Waals surface area (Å²) < 4.78 is 0. The van der Waals surface area contributed by atoms with Crippen molar-refractivity contribution in [1.82, 2.24) is 4.98 Å². The standard InChI is InChI=1S/C22H22N2O2.ClH/c1-17(22-21(25)13-8-15-23-22)24-26-16-14-20(18-9-4-2-5-10-18)19-11-6-3-7-12-19;/h2-13,15,20,25H,14,16H2,1H3;1H. The molecule has 0 fully saturated rings. The summed E-state index contributed by atoms with van der Waals surface area (Å²) >= 11 is 0. The maximum absolute atomic E-state index is 9.84. The molecule has 3 rings (SSSR count).